The highest BCUT2D eigenvalue weighted by Gasteiger charge is 2.69. The molecule has 0 saturated heterocycles. The quantitative estimate of drug-likeness (QED) is 0.322. The Morgan fingerprint density at radius 1 is 0.824 bits per heavy atom. The molecule has 0 unspecified atom stereocenters. The minimum Gasteiger partial charge on any atom is -0.468 e. The normalized spacial score (nSPS) is 51.1. The monoisotopic (exact) mass is 470 g/mol. The standard InChI is InChI=1S/C31H50O3/c1-26(2)15-17-31(25(33)34-8)18-16-29(6)20(21(31)19-26)9-10-23-28(5)13-12-24(32)27(3,4)22(28)11-14-30(23,29)7/h19-20,22-24,32H,9-18H2,1-8H3/t20-,22+,23-,24-,28+,29-,30-,31+/m1/s1. The van der Waals surface area contributed by atoms with E-state index in [1.807, 2.05) is 0 Å². The molecule has 0 aromatic rings. The minimum atomic E-state index is -0.393. The Labute approximate surface area is 208 Å². The summed E-state index contributed by atoms with van der Waals surface area (Å²) in [4.78, 5) is 13.3. The molecule has 5 aliphatic rings. The molecule has 5 rings (SSSR count). The van der Waals surface area contributed by atoms with Crippen LogP contribution < -0.4 is 0 Å². The van der Waals surface area contributed by atoms with E-state index in [4.69, 9.17) is 4.74 Å². The van der Waals surface area contributed by atoms with Gasteiger partial charge in [-0.25, -0.2) is 0 Å². The number of aliphatic hydroxyl groups excluding tert-OH is 1. The van der Waals surface area contributed by atoms with Gasteiger partial charge in [-0.2, -0.15) is 0 Å². The summed E-state index contributed by atoms with van der Waals surface area (Å²) in [5.41, 5.74) is 1.96. The fraction of sp³-hybridized carbons (Fsp3) is 0.903. The molecule has 1 N–H and O–H groups in total. The molecule has 34 heavy (non-hydrogen) atoms. The average Bonchev–Trinajstić information content (AvgIpc) is 2.76. The maximum atomic E-state index is 13.3. The van der Waals surface area contributed by atoms with Crippen molar-refractivity contribution >= 4 is 5.97 Å². The van der Waals surface area contributed by atoms with E-state index in [9.17, 15) is 9.90 Å². The summed E-state index contributed by atoms with van der Waals surface area (Å²) in [5, 5.41) is 10.9. The number of esters is 1. The summed E-state index contributed by atoms with van der Waals surface area (Å²) in [7, 11) is 1.59. The summed E-state index contributed by atoms with van der Waals surface area (Å²) in [5.74, 6) is 1.77. The molecular formula is C31H50O3. The molecule has 0 spiro atoms. The highest BCUT2D eigenvalue weighted by molar-refractivity contribution is 5.81. The second-order valence-electron chi connectivity index (χ2n) is 15.2. The Bertz CT molecular complexity index is 900. The lowest BCUT2D eigenvalue weighted by molar-refractivity contribution is -0.230. The van der Waals surface area contributed by atoms with E-state index in [0.29, 0.717) is 23.2 Å². The van der Waals surface area contributed by atoms with Gasteiger partial charge in [0.25, 0.3) is 0 Å². The van der Waals surface area contributed by atoms with Gasteiger partial charge in [-0.05, 0) is 109 Å². The molecule has 0 amide bonds. The van der Waals surface area contributed by atoms with Crippen molar-refractivity contribution in [1.82, 2.24) is 0 Å². The molecule has 4 fully saturated rings. The Morgan fingerprint density at radius 2 is 1.50 bits per heavy atom. The predicted molar refractivity (Wildman–Crippen MR) is 137 cm³/mol. The van der Waals surface area contributed by atoms with Gasteiger partial charge in [0.15, 0.2) is 0 Å². The number of fused-ring (bicyclic) bond motifs is 7. The van der Waals surface area contributed by atoms with Crippen molar-refractivity contribution < 1.29 is 14.6 Å². The van der Waals surface area contributed by atoms with Gasteiger partial charge in [0.05, 0.1) is 18.6 Å². The number of aliphatic hydroxyl groups is 1. The highest BCUT2D eigenvalue weighted by atomic mass is 16.5. The zero-order valence-electron chi connectivity index (χ0n) is 23.2. The van der Waals surface area contributed by atoms with Crippen molar-refractivity contribution in [2.24, 2.45) is 50.2 Å². The molecule has 5 aliphatic carbocycles. The summed E-state index contributed by atoms with van der Waals surface area (Å²) >= 11 is 0. The number of carbonyl (C=O) groups is 1. The van der Waals surface area contributed by atoms with E-state index in [0.717, 1.165) is 38.5 Å². The predicted octanol–water partition coefficient (Wildman–Crippen LogP) is 7.32. The van der Waals surface area contributed by atoms with E-state index in [2.05, 4.69) is 54.5 Å². The van der Waals surface area contributed by atoms with Crippen LogP contribution in [-0.4, -0.2) is 24.3 Å². The van der Waals surface area contributed by atoms with Crippen LogP contribution in [0.25, 0.3) is 0 Å². The third kappa shape index (κ3) is 2.94. The first-order chi connectivity index (χ1) is 15.7. The van der Waals surface area contributed by atoms with Gasteiger partial charge in [-0.3, -0.25) is 4.79 Å². The third-order valence-corrected chi connectivity index (χ3v) is 13.2. The Morgan fingerprint density at radius 3 is 2.18 bits per heavy atom. The summed E-state index contributed by atoms with van der Waals surface area (Å²) in [6.07, 6.45) is 13.5. The smallest absolute Gasteiger partial charge is 0.315 e. The second-order valence-corrected chi connectivity index (χ2v) is 15.2. The van der Waals surface area contributed by atoms with Crippen LogP contribution in [0.5, 0.6) is 0 Å². The molecule has 0 radical (unpaired) electrons. The van der Waals surface area contributed by atoms with E-state index < -0.39 is 5.41 Å². The molecule has 3 heteroatoms. The van der Waals surface area contributed by atoms with Crippen molar-refractivity contribution in [3.8, 4) is 0 Å². The number of allylic oxidation sites excluding steroid dienone is 1. The molecule has 0 aromatic heterocycles. The van der Waals surface area contributed by atoms with Gasteiger partial charge < -0.3 is 9.84 Å². The van der Waals surface area contributed by atoms with E-state index in [1.165, 1.54) is 31.3 Å². The lowest BCUT2D eigenvalue weighted by Gasteiger charge is -2.72. The molecule has 0 heterocycles. The van der Waals surface area contributed by atoms with E-state index in [1.54, 1.807) is 7.11 Å². The lowest BCUT2D eigenvalue weighted by Crippen LogP contribution is -2.66. The van der Waals surface area contributed by atoms with Gasteiger partial charge in [0, 0.05) is 0 Å². The lowest BCUT2D eigenvalue weighted by atomic mass is 9.32. The van der Waals surface area contributed by atoms with Crippen molar-refractivity contribution in [2.45, 2.75) is 119 Å². The Hall–Kier alpha value is -0.830. The van der Waals surface area contributed by atoms with E-state index in [-0.39, 0.29) is 33.7 Å². The van der Waals surface area contributed by atoms with Gasteiger partial charge in [-0.1, -0.05) is 60.1 Å². The Kier molecular flexibility index (Phi) is 5.38. The van der Waals surface area contributed by atoms with Crippen molar-refractivity contribution in [3.05, 3.63) is 11.6 Å². The zero-order valence-corrected chi connectivity index (χ0v) is 23.2. The van der Waals surface area contributed by atoms with Crippen molar-refractivity contribution in [3.63, 3.8) is 0 Å². The van der Waals surface area contributed by atoms with Crippen LogP contribution in [0, 0.1) is 50.2 Å². The maximum absolute atomic E-state index is 13.3. The topological polar surface area (TPSA) is 46.5 Å². The van der Waals surface area contributed by atoms with E-state index >= 15 is 0 Å². The van der Waals surface area contributed by atoms with Crippen LogP contribution in [0.4, 0.5) is 0 Å². The maximum Gasteiger partial charge on any atom is 0.315 e. The fourth-order valence-corrected chi connectivity index (χ4v) is 10.9. The Balaban J connectivity index is 1.58. The van der Waals surface area contributed by atoms with Gasteiger partial charge in [-0.15, -0.1) is 0 Å². The van der Waals surface area contributed by atoms with Crippen LogP contribution in [0.3, 0.4) is 0 Å². The van der Waals surface area contributed by atoms with Crippen LogP contribution in [0.15, 0.2) is 11.6 Å². The number of rotatable bonds is 1. The second kappa shape index (κ2) is 7.36. The minimum absolute atomic E-state index is 0.00535. The van der Waals surface area contributed by atoms with Gasteiger partial charge in [0.2, 0.25) is 0 Å². The molecule has 8 atom stereocenters. The first kappa shape index (κ1) is 24.8. The third-order valence-electron chi connectivity index (χ3n) is 13.2. The van der Waals surface area contributed by atoms with Crippen molar-refractivity contribution in [2.75, 3.05) is 7.11 Å². The number of methoxy groups -OCH3 is 1. The van der Waals surface area contributed by atoms with Crippen LogP contribution in [-0.2, 0) is 9.53 Å². The van der Waals surface area contributed by atoms with Gasteiger partial charge in [0.1, 0.15) is 0 Å². The molecule has 3 nitrogen and oxygen atoms in total. The highest BCUT2D eigenvalue weighted by Crippen LogP contribution is 2.76. The summed E-state index contributed by atoms with van der Waals surface area (Å²) in [6, 6.07) is 0. The van der Waals surface area contributed by atoms with Crippen molar-refractivity contribution in [1.29, 1.82) is 0 Å². The SMILES string of the molecule is COC(=O)[C@]12CCC(C)(C)C=C1[C@H]1CC[C@@H]3[C@@]4(C)CC[C@@H](O)C(C)(C)[C@@H]4CC[C@@]3(C)[C@]1(C)CC2. The van der Waals surface area contributed by atoms with Crippen LogP contribution in [0.2, 0.25) is 0 Å². The fourth-order valence-electron chi connectivity index (χ4n) is 10.9. The van der Waals surface area contributed by atoms with Crippen LogP contribution >= 0.6 is 0 Å². The molecule has 0 bridgehead atoms. The number of carbonyl (C=O) groups excluding carboxylic acids is 1. The van der Waals surface area contributed by atoms with Crippen LogP contribution in [0.1, 0.15) is 113 Å². The summed E-state index contributed by atoms with van der Waals surface area (Å²) < 4.78 is 5.48. The molecule has 192 valence electrons. The number of ether oxygens (including phenoxy) is 1. The molecular weight excluding hydrogens is 420 g/mol. The number of hydrogen-bond acceptors (Lipinski definition) is 3. The molecule has 0 aliphatic heterocycles. The van der Waals surface area contributed by atoms with Gasteiger partial charge >= 0.3 is 5.97 Å². The first-order valence-corrected chi connectivity index (χ1v) is 14.2. The number of hydrogen-bond donors (Lipinski definition) is 1. The first-order valence-electron chi connectivity index (χ1n) is 14.2. The molecule has 0 aromatic carbocycles. The summed E-state index contributed by atoms with van der Waals surface area (Å²) in [6.45, 7) is 17.2. The largest absolute Gasteiger partial charge is 0.468 e. The zero-order chi connectivity index (χ0) is 24.9. The average molecular weight is 471 g/mol. The molecule has 4 saturated carbocycles.